The monoisotopic (exact) mass is 272 g/mol. The largest absolute Gasteiger partial charge is 0.381 e. The first-order chi connectivity index (χ1) is 9.63. The summed E-state index contributed by atoms with van der Waals surface area (Å²) >= 11 is 0. The first kappa shape index (κ1) is 14.5. The van der Waals surface area contributed by atoms with Crippen LogP contribution in [0, 0.1) is 23.7 Å². The molecule has 1 fully saturated rings. The molecule has 0 aromatic heterocycles. The number of hydrogen-bond donors (Lipinski definition) is 0. The summed E-state index contributed by atoms with van der Waals surface area (Å²) in [5, 5.41) is 9.49. The van der Waals surface area contributed by atoms with Crippen LogP contribution in [0.1, 0.15) is 25.3 Å². The number of ether oxygens (including phenoxy) is 1. The van der Waals surface area contributed by atoms with Crippen molar-refractivity contribution in [3.8, 4) is 6.07 Å². The Morgan fingerprint density at radius 2 is 1.95 bits per heavy atom. The summed E-state index contributed by atoms with van der Waals surface area (Å²) in [7, 11) is 0. The highest BCUT2D eigenvalue weighted by Crippen LogP contribution is 2.33. The molecule has 4 nitrogen and oxygen atoms in total. The average molecular weight is 272 g/mol. The fourth-order valence-electron chi connectivity index (χ4n) is 2.52. The molecule has 0 N–H and O–H groups in total. The maximum atomic E-state index is 12.8. The van der Waals surface area contributed by atoms with Crippen molar-refractivity contribution in [3.05, 3.63) is 29.8 Å². The van der Waals surface area contributed by atoms with E-state index in [-0.39, 0.29) is 5.91 Å². The van der Waals surface area contributed by atoms with E-state index in [4.69, 9.17) is 4.74 Å². The Hall–Kier alpha value is -1.86. The fraction of sp³-hybridized carbons (Fsp3) is 0.500. The van der Waals surface area contributed by atoms with Crippen molar-refractivity contribution < 1.29 is 9.53 Å². The predicted molar refractivity (Wildman–Crippen MR) is 77.3 cm³/mol. The third kappa shape index (κ3) is 2.68. The molecule has 1 saturated heterocycles. The first-order valence-electron chi connectivity index (χ1n) is 7.00. The lowest BCUT2D eigenvalue weighted by Gasteiger charge is -2.34. The molecular weight excluding hydrogens is 252 g/mol. The van der Waals surface area contributed by atoms with Gasteiger partial charge in [-0.2, -0.15) is 5.26 Å². The quantitative estimate of drug-likeness (QED) is 0.850. The standard InChI is InChI=1S/C16H20N2O2/c1-3-18(14-6-4-13(2)5-7-14)15(19)16(12-17)8-10-20-11-9-16/h4-7H,3,8-11H2,1-2H3. The second-order valence-electron chi connectivity index (χ2n) is 5.19. The van der Waals surface area contributed by atoms with Gasteiger partial charge in [-0.25, -0.2) is 0 Å². The number of nitriles is 1. The summed E-state index contributed by atoms with van der Waals surface area (Å²) in [5.41, 5.74) is 1.07. The minimum Gasteiger partial charge on any atom is -0.381 e. The van der Waals surface area contributed by atoms with Gasteiger partial charge in [0.25, 0.3) is 0 Å². The zero-order chi connectivity index (χ0) is 14.6. The Morgan fingerprint density at radius 1 is 1.35 bits per heavy atom. The summed E-state index contributed by atoms with van der Waals surface area (Å²) < 4.78 is 5.29. The second kappa shape index (κ2) is 6.06. The maximum absolute atomic E-state index is 12.8. The van der Waals surface area contributed by atoms with E-state index in [2.05, 4.69) is 6.07 Å². The third-order valence-electron chi connectivity index (χ3n) is 3.88. The van der Waals surface area contributed by atoms with E-state index < -0.39 is 5.41 Å². The predicted octanol–water partition coefficient (Wildman–Crippen LogP) is 2.67. The van der Waals surface area contributed by atoms with E-state index in [1.807, 2.05) is 38.1 Å². The molecule has 0 unspecified atom stereocenters. The Kier molecular flexibility index (Phi) is 4.41. The number of benzene rings is 1. The van der Waals surface area contributed by atoms with Gasteiger partial charge in [-0.15, -0.1) is 0 Å². The first-order valence-corrected chi connectivity index (χ1v) is 7.00. The van der Waals surface area contributed by atoms with Gasteiger partial charge in [-0.05, 0) is 38.8 Å². The Labute approximate surface area is 120 Å². The molecule has 4 heteroatoms. The van der Waals surface area contributed by atoms with E-state index in [1.54, 1.807) is 4.90 Å². The zero-order valence-electron chi connectivity index (χ0n) is 12.1. The number of carbonyl (C=O) groups excluding carboxylic acids is 1. The summed E-state index contributed by atoms with van der Waals surface area (Å²) in [5.74, 6) is -0.102. The molecule has 106 valence electrons. The van der Waals surface area contributed by atoms with Crippen LogP contribution < -0.4 is 4.90 Å². The van der Waals surface area contributed by atoms with E-state index in [0.717, 1.165) is 11.3 Å². The smallest absolute Gasteiger partial charge is 0.247 e. The lowest BCUT2D eigenvalue weighted by molar-refractivity contribution is -0.129. The van der Waals surface area contributed by atoms with Gasteiger partial charge in [0.05, 0.1) is 6.07 Å². The summed E-state index contributed by atoms with van der Waals surface area (Å²) in [6.45, 7) is 5.46. The van der Waals surface area contributed by atoms with Crippen LogP contribution in [0.15, 0.2) is 24.3 Å². The number of rotatable bonds is 3. The van der Waals surface area contributed by atoms with Gasteiger partial charge in [-0.3, -0.25) is 4.79 Å². The molecular formula is C16H20N2O2. The van der Waals surface area contributed by atoms with Crippen LogP contribution in [-0.4, -0.2) is 25.7 Å². The van der Waals surface area contributed by atoms with Gasteiger partial charge in [0.1, 0.15) is 5.41 Å². The van der Waals surface area contributed by atoms with Crippen molar-refractivity contribution >= 4 is 11.6 Å². The second-order valence-corrected chi connectivity index (χ2v) is 5.19. The van der Waals surface area contributed by atoms with Crippen LogP contribution >= 0.6 is 0 Å². The topological polar surface area (TPSA) is 53.3 Å². The van der Waals surface area contributed by atoms with Crippen LogP contribution in [0.25, 0.3) is 0 Å². The van der Waals surface area contributed by atoms with Crippen molar-refractivity contribution in [3.63, 3.8) is 0 Å². The summed E-state index contributed by atoms with van der Waals surface area (Å²) in [4.78, 5) is 14.5. The van der Waals surface area contributed by atoms with Crippen LogP contribution in [0.5, 0.6) is 0 Å². The van der Waals surface area contributed by atoms with Crippen LogP contribution in [0.4, 0.5) is 5.69 Å². The minimum atomic E-state index is -0.931. The molecule has 1 aromatic carbocycles. The van der Waals surface area contributed by atoms with Gasteiger partial charge < -0.3 is 9.64 Å². The van der Waals surface area contributed by atoms with Crippen molar-refractivity contribution in [2.24, 2.45) is 5.41 Å². The highest BCUT2D eigenvalue weighted by atomic mass is 16.5. The normalized spacial score (nSPS) is 17.2. The molecule has 0 saturated carbocycles. The number of carbonyl (C=O) groups is 1. The molecule has 1 amide bonds. The van der Waals surface area contributed by atoms with E-state index in [9.17, 15) is 10.1 Å². The number of amides is 1. The number of aryl methyl sites for hydroxylation is 1. The Balaban J connectivity index is 2.28. The van der Waals surface area contributed by atoms with Gasteiger partial charge in [0.2, 0.25) is 5.91 Å². The minimum absolute atomic E-state index is 0.102. The lowest BCUT2D eigenvalue weighted by atomic mass is 9.80. The van der Waals surface area contributed by atoms with Crippen LogP contribution in [-0.2, 0) is 9.53 Å². The maximum Gasteiger partial charge on any atom is 0.247 e. The van der Waals surface area contributed by atoms with Gasteiger partial charge in [-0.1, -0.05) is 17.7 Å². The van der Waals surface area contributed by atoms with Crippen molar-refractivity contribution in [1.29, 1.82) is 5.26 Å². The number of hydrogen-bond acceptors (Lipinski definition) is 3. The average Bonchev–Trinajstić information content (AvgIpc) is 2.50. The third-order valence-corrected chi connectivity index (χ3v) is 3.88. The molecule has 0 atom stereocenters. The molecule has 0 aliphatic carbocycles. The van der Waals surface area contributed by atoms with E-state index in [1.165, 1.54) is 0 Å². The zero-order valence-corrected chi connectivity index (χ0v) is 12.1. The van der Waals surface area contributed by atoms with Crippen LogP contribution in [0.2, 0.25) is 0 Å². The van der Waals surface area contributed by atoms with E-state index in [0.29, 0.717) is 32.6 Å². The van der Waals surface area contributed by atoms with Crippen molar-refractivity contribution in [1.82, 2.24) is 0 Å². The van der Waals surface area contributed by atoms with Gasteiger partial charge in [0, 0.05) is 25.4 Å². The fourth-order valence-corrected chi connectivity index (χ4v) is 2.52. The summed E-state index contributed by atoms with van der Waals surface area (Å²) in [6, 6.07) is 10.1. The van der Waals surface area contributed by atoms with Crippen LogP contribution in [0.3, 0.4) is 0 Å². The van der Waals surface area contributed by atoms with Gasteiger partial charge in [0.15, 0.2) is 0 Å². The molecule has 1 aromatic rings. The molecule has 0 spiro atoms. The van der Waals surface area contributed by atoms with E-state index >= 15 is 0 Å². The SMILES string of the molecule is CCN(C(=O)C1(C#N)CCOCC1)c1ccc(C)cc1. The highest BCUT2D eigenvalue weighted by molar-refractivity contribution is 5.99. The molecule has 0 radical (unpaired) electrons. The molecule has 20 heavy (non-hydrogen) atoms. The highest BCUT2D eigenvalue weighted by Gasteiger charge is 2.43. The molecule has 1 aliphatic rings. The number of nitrogens with zero attached hydrogens (tertiary/aromatic N) is 2. The van der Waals surface area contributed by atoms with Crippen molar-refractivity contribution in [2.45, 2.75) is 26.7 Å². The molecule has 0 bridgehead atoms. The lowest BCUT2D eigenvalue weighted by Crippen LogP contribution is -2.46. The Bertz CT molecular complexity index is 510. The molecule has 1 heterocycles. The molecule has 2 rings (SSSR count). The molecule has 1 aliphatic heterocycles. The number of anilines is 1. The summed E-state index contributed by atoms with van der Waals surface area (Å²) in [6.07, 6.45) is 0.954. The van der Waals surface area contributed by atoms with Gasteiger partial charge >= 0.3 is 0 Å². The van der Waals surface area contributed by atoms with Crippen molar-refractivity contribution in [2.75, 3.05) is 24.7 Å². The Morgan fingerprint density at radius 3 is 2.45 bits per heavy atom.